The maximum absolute atomic E-state index is 9.38. The minimum atomic E-state index is 0.258. The van der Waals surface area contributed by atoms with E-state index in [9.17, 15) is 5.11 Å². The first-order valence-electron chi connectivity index (χ1n) is 9.88. The van der Waals surface area contributed by atoms with E-state index < -0.39 is 0 Å². The minimum absolute atomic E-state index is 0.258. The number of hydrogen-bond donors (Lipinski definition) is 1. The first-order valence-corrected chi connectivity index (χ1v) is 9.88. The second-order valence-corrected chi connectivity index (χ2v) is 7.65. The molecule has 1 aromatic heterocycles. The Morgan fingerprint density at radius 2 is 1.36 bits per heavy atom. The number of hydrogen-bond acceptors (Lipinski definition) is 5. The van der Waals surface area contributed by atoms with Crippen molar-refractivity contribution in [1.82, 2.24) is 15.2 Å². The second-order valence-electron chi connectivity index (χ2n) is 7.65. The summed E-state index contributed by atoms with van der Waals surface area (Å²) >= 11 is 0. The molecule has 0 atom stereocenters. The number of benzene rings is 2. The van der Waals surface area contributed by atoms with Gasteiger partial charge >= 0.3 is 0 Å². The van der Waals surface area contributed by atoms with E-state index >= 15 is 0 Å². The number of aliphatic hydroxyl groups is 1. The SMILES string of the molecule is Cc1ccc(-c2nnc(N3CCC(CO)CC3)nc2-c2ccc(C)cc2)cc1. The van der Waals surface area contributed by atoms with Gasteiger partial charge in [0.15, 0.2) is 0 Å². The number of nitrogens with zero attached hydrogens (tertiary/aromatic N) is 4. The normalized spacial score (nSPS) is 15.0. The van der Waals surface area contributed by atoms with Crippen LogP contribution in [0.4, 0.5) is 5.95 Å². The van der Waals surface area contributed by atoms with Crippen LogP contribution in [0.1, 0.15) is 24.0 Å². The predicted molar refractivity (Wildman–Crippen MR) is 112 cm³/mol. The molecule has 0 spiro atoms. The van der Waals surface area contributed by atoms with E-state index in [-0.39, 0.29) is 6.61 Å². The first-order chi connectivity index (χ1) is 13.6. The second kappa shape index (κ2) is 8.07. The fraction of sp³-hybridized carbons (Fsp3) is 0.348. The molecule has 5 nitrogen and oxygen atoms in total. The summed E-state index contributed by atoms with van der Waals surface area (Å²) < 4.78 is 0. The van der Waals surface area contributed by atoms with Gasteiger partial charge in [0.05, 0.1) is 0 Å². The molecule has 1 aliphatic heterocycles. The van der Waals surface area contributed by atoms with E-state index in [2.05, 4.69) is 77.5 Å². The molecule has 3 aromatic rings. The van der Waals surface area contributed by atoms with Gasteiger partial charge in [-0.05, 0) is 32.6 Å². The summed E-state index contributed by atoms with van der Waals surface area (Å²) in [5.41, 5.74) is 6.16. The standard InChI is InChI=1S/C23H26N4O/c1-16-3-7-19(8-4-16)21-22(20-9-5-17(2)6-10-20)25-26-23(24-21)27-13-11-18(15-28)12-14-27/h3-10,18,28H,11-15H2,1-2H3. The zero-order valence-electron chi connectivity index (χ0n) is 16.5. The Morgan fingerprint density at radius 1 is 0.821 bits per heavy atom. The van der Waals surface area contributed by atoms with Crippen LogP contribution in [0.15, 0.2) is 48.5 Å². The Kier molecular flexibility index (Phi) is 5.35. The van der Waals surface area contributed by atoms with Gasteiger partial charge in [0.2, 0.25) is 5.95 Å². The molecule has 28 heavy (non-hydrogen) atoms. The Labute approximate surface area is 166 Å². The first kappa shape index (κ1) is 18.6. The largest absolute Gasteiger partial charge is 0.396 e. The van der Waals surface area contributed by atoms with Gasteiger partial charge in [-0.2, -0.15) is 0 Å². The molecular formula is C23H26N4O. The van der Waals surface area contributed by atoms with Gasteiger partial charge in [0.1, 0.15) is 11.4 Å². The topological polar surface area (TPSA) is 62.1 Å². The molecule has 0 amide bonds. The highest BCUT2D eigenvalue weighted by Gasteiger charge is 2.22. The Bertz CT molecular complexity index is 930. The maximum atomic E-state index is 9.38. The highest BCUT2D eigenvalue weighted by atomic mass is 16.3. The Morgan fingerprint density at radius 3 is 1.89 bits per heavy atom. The van der Waals surface area contributed by atoms with E-state index in [1.165, 1.54) is 11.1 Å². The van der Waals surface area contributed by atoms with Gasteiger partial charge in [-0.25, -0.2) is 4.98 Å². The fourth-order valence-electron chi connectivity index (χ4n) is 3.59. The van der Waals surface area contributed by atoms with Crippen molar-refractivity contribution >= 4 is 5.95 Å². The number of rotatable bonds is 4. The number of aromatic nitrogens is 3. The van der Waals surface area contributed by atoms with E-state index in [1.54, 1.807) is 0 Å². The summed E-state index contributed by atoms with van der Waals surface area (Å²) in [7, 11) is 0. The quantitative estimate of drug-likeness (QED) is 0.747. The van der Waals surface area contributed by atoms with E-state index in [4.69, 9.17) is 4.98 Å². The van der Waals surface area contributed by atoms with Crippen molar-refractivity contribution < 1.29 is 5.11 Å². The Hall–Kier alpha value is -2.79. The highest BCUT2D eigenvalue weighted by molar-refractivity contribution is 5.78. The van der Waals surface area contributed by atoms with E-state index in [0.717, 1.165) is 48.4 Å². The van der Waals surface area contributed by atoms with Crippen molar-refractivity contribution in [1.29, 1.82) is 0 Å². The van der Waals surface area contributed by atoms with Crippen molar-refractivity contribution in [2.24, 2.45) is 5.92 Å². The predicted octanol–water partition coefficient (Wildman–Crippen LogP) is 4.03. The summed E-state index contributed by atoms with van der Waals surface area (Å²) in [5.74, 6) is 1.05. The molecule has 0 aliphatic carbocycles. The van der Waals surface area contributed by atoms with Crippen LogP contribution in [0.5, 0.6) is 0 Å². The fourth-order valence-corrected chi connectivity index (χ4v) is 3.59. The molecule has 2 aromatic carbocycles. The zero-order valence-corrected chi connectivity index (χ0v) is 16.5. The van der Waals surface area contributed by atoms with Crippen LogP contribution in [0.25, 0.3) is 22.5 Å². The van der Waals surface area contributed by atoms with Crippen molar-refractivity contribution in [3.8, 4) is 22.5 Å². The molecule has 4 rings (SSSR count). The van der Waals surface area contributed by atoms with Crippen LogP contribution in [0.2, 0.25) is 0 Å². The third kappa shape index (κ3) is 3.90. The van der Waals surface area contributed by atoms with Crippen molar-refractivity contribution in [3.05, 3.63) is 59.7 Å². The van der Waals surface area contributed by atoms with Crippen LogP contribution < -0.4 is 4.90 Å². The molecule has 1 saturated heterocycles. The lowest BCUT2D eigenvalue weighted by Crippen LogP contribution is -2.36. The van der Waals surface area contributed by atoms with Gasteiger partial charge in [-0.1, -0.05) is 59.7 Å². The number of aliphatic hydroxyl groups excluding tert-OH is 1. The molecule has 1 fully saturated rings. The molecule has 0 bridgehead atoms. The molecule has 0 radical (unpaired) electrons. The van der Waals surface area contributed by atoms with Crippen LogP contribution >= 0.6 is 0 Å². The van der Waals surface area contributed by atoms with Crippen LogP contribution in [0, 0.1) is 19.8 Å². The monoisotopic (exact) mass is 374 g/mol. The van der Waals surface area contributed by atoms with Gasteiger partial charge in [0, 0.05) is 30.8 Å². The Balaban J connectivity index is 1.74. The number of piperidine rings is 1. The van der Waals surface area contributed by atoms with E-state index in [0.29, 0.717) is 11.9 Å². The van der Waals surface area contributed by atoms with Gasteiger partial charge in [-0.15, -0.1) is 10.2 Å². The molecule has 5 heteroatoms. The highest BCUT2D eigenvalue weighted by Crippen LogP contribution is 2.31. The van der Waals surface area contributed by atoms with Crippen LogP contribution in [0.3, 0.4) is 0 Å². The minimum Gasteiger partial charge on any atom is -0.396 e. The van der Waals surface area contributed by atoms with Gasteiger partial charge in [-0.3, -0.25) is 0 Å². The van der Waals surface area contributed by atoms with E-state index in [1.807, 2.05) is 0 Å². The summed E-state index contributed by atoms with van der Waals surface area (Å²) in [6.45, 7) is 6.12. The molecule has 1 aliphatic rings. The molecule has 0 unspecified atom stereocenters. The lowest BCUT2D eigenvalue weighted by Gasteiger charge is -2.31. The van der Waals surface area contributed by atoms with Crippen LogP contribution in [-0.4, -0.2) is 40.0 Å². The van der Waals surface area contributed by atoms with Gasteiger partial charge < -0.3 is 10.0 Å². The summed E-state index contributed by atoms with van der Waals surface area (Å²) in [5, 5.41) is 18.4. The van der Waals surface area contributed by atoms with Crippen LogP contribution in [-0.2, 0) is 0 Å². The summed E-state index contributed by atoms with van der Waals surface area (Å²) in [6, 6.07) is 16.7. The smallest absolute Gasteiger partial charge is 0.245 e. The third-order valence-corrected chi connectivity index (χ3v) is 5.48. The van der Waals surface area contributed by atoms with Crippen molar-refractivity contribution in [2.45, 2.75) is 26.7 Å². The lowest BCUT2D eigenvalue weighted by atomic mass is 9.98. The third-order valence-electron chi connectivity index (χ3n) is 5.48. The zero-order chi connectivity index (χ0) is 19.5. The molecule has 144 valence electrons. The average Bonchev–Trinajstić information content (AvgIpc) is 2.75. The molecule has 1 N–H and O–H groups in total. The number of aryl methyl sites for hydroxylation is 2. The molecule has 0 saturated carbocycles. The maximum Gasteiger partial charge on any atom is 0.245 e. The molecule has 2 heterocycles. The average molecular weight is 374 g/mol. The number of anilines is 1. The molecular weight excluding hydrogens is 348 g/mol. The summed E-state index contributed by atoms with van der Waals surface area (Å²) in [4.78, 5) is 7.11. The lowest BCUT2D eigenvalue weighted by molar-refractivity contribution is 0.202. The van der Waals surface area contributed by atoms with Crippen molar-refractivity contribution in [3.63, 3.8) is 0 Å². The van der Waals surface area contributed by atoms with Gasteiger partial charge in [0.25, 0.3) is 0 Å². The van der Waals surface area contributed by atoms with Crippen molar-refractivity contribution in [2.75, 3.05) is 24.6 Å². The summed E-state index contributed by atoms with van der Waals surface area (Å²) in [6.07, 6.45) is 1.92.